The standard InChI is InChI=1S/C28H26N2O5/c1-4-17-35-25-15-9-22(10-16-25)26(31)21-7-11-23(12-8-21)30-28(33)27(32)29-19(2)18-20-5-13-24(34-3)14-6-20/h1,5-16,19H,17-18H2,2-3H3,(H,29,32)(H,30,33). The average Bonchev–Trinajstić information content (AvgIpc) is 2.88. The summed E-state index contributed by atoms with van der Waals surface area (Å²) in [5.74, 6) is 2.00. The van der Waals surface area contributed by atoms with Crippen LogP contribution in [-0.4, -0.2) is 37.4 Å². The average molecular weight is 471 g/mol. The smallest absolute Gasteiger partial charge is 0.313 e. The van der Waals surface area contributed by atoms with Crippen molar-refractivity contribution in [1.82, 2.24) is 5.32 Å². The zero-order valence-electron chi connectivity index (χ0n) is 19.5. The molecule has 0 fully saturated rings. The first-order valence-electron chi connectivity index (χ1n) is 11.0. The van der Waals surface area contributed by atoms with Gasteiger partial charge in [0.1, 0.15) is 18.1 Å². The topological polar surface area (TPSA) is 93.7 Å². The van der Waals surface area contributed by atoms with E-state index in [1.54, 1.807) is 55.6 Å². The van der Waals surface area contributed by atoms with E-state index in [0.717, 1.165) is 11.3 Å². The van der Waals surface area contributed by atoms with Crippen molar-refractivity contribution in [2.75, 3.05) is 19.0 Å². The van der Waals surface area contributed by atoms with Crippen molar-refractivity contribution < 1.29 is 23.9 Å². The van der Waals surface area contributed by atoms with Crippen LogP contribution in [0.25, 0.3) is 0 Å². The van der Waals surface area contributed by atoms with Gasteiger partial charge in [0.15, 0.2) is 5.78 Å². The van der Waals surface area contributed by atoms with Crippen molar-refractivity contribution in [3.63, 3.8) is 0 Å². The second-order valence-electron chi connectivity index (χ2n) is 7.80. The zero-order valence-corrected chi connectivity index (χ0v) is 19.5. The summed E-state index contributed by atoms with van der Waals surface area (Å²) in [6, 6.07) is 20.2. The lowest BCUT2D eigenvalue weighted by molar-refractivity contribution is -0.136. The zero-order chi connectivity index (χ0) is 25.2. The molecule has 1 atom stereocenters. The molecule has 2 N–H and O–H groups in total. The summed E-state index contributed by atoms with van der Waals surface area (Å²) in [5.41, 5.74) is 2.34. The fourth-order valence-electron chi connectivity index (χ4n) is 3.34. The lowest BCUT2D eigenvalue weighted by atomic mass is 10.0. The summed E-state index contributed by atoms with van der Waals surface area (Å²) in [5, 5.41) is 5.24. The fourth-order valence-corrected chi connectivity index (χ4v) is 3.34. The number of anilines is 1. The number of carbonyl (C=O) groups is 3. The van der Waals surface area contributed by atoms with Crippen LogP contribution in [0.4, 0.5) is 5.69 Å². The highest BCUT2D eigenvalue weighted by atomic mass is 16.5. The molecule has 0 radical (unpaired) electrons. The Morgan fingerprint density at radius 2 is 1.43 bits per heavy atom. The summed E-state index contributed by atoms with van der Waals surface area (Å²) in [7, 11) is 1.60. The number of methoxy groups -OCH3 is 1. The quantitative estimate of drug-likeness (QED) is 0.283. The number of ketones is 1. The van der Waals surface area contributed by atoms with Gasteiger partial charge in [-0.15, -0.1) is 6.42 Å². The Bertz CT molecular complexity index is 1210. The van der Waals surface area contributed by atoms with E-state index < -0.39 is 11.8 Å². The first kappa shape index (κ1) is 25.1. The van der Waals surface area contributed by atoms with Gasteiger partial charge in [-0.25, -0.2) is 0 Å². The molecule has 0 bridgehead atoms. The van der Waals surface area contributed by atoms with Crippen molar-refractivity contribution in [3.05, 3.63) is 89.5 Å². The van der Waals surface area contributed by atoms with Gasteiger partial charge in [-0.2, -0.15) is 0 Å². The molecule has 0 saturated heterocycles. The molecule has 0 aromatic heterocycles. The molecule has 3 rings (SSSR count). The second kappa shape index (κ2) is 12.1. The molecule has 3 aromatic rings. The highest BCUT2D eigenvalue weighted by molar-refractivity contribution is 6.39. The van der Waals surface area contributed by atoms with Crippen LogP contribution in [0.3, 0.4) is 0 Å². The predicted molar refractivity (Wildman–Crippen MR) is 134 cm³/mol. The Hall–Kier alpha value is -4.57. The van der Waals surface area contributed by atoms with Gasteiger partial charge in [0.25, 0.3) is 0 Å². The van der Waals surface area contributed by atoms with Gasteiger partial charge in [0, 0.05) is 22.9 Å². The Morgan fingerprint density at radius 1 is 0.857 bits per heavy atom. The van der Waals surface area contributed by atoms with Crippen molar-refractivity contribution in [2.45, 2.75) is 19.4 Å². The van der Waals surface area contributed by atoms with Crippen LogP contribution < -0.4 is 20.1 Å². The molecule has 0 aliphatic carbocycles. The molecule has 0 saturated carbocycles. The monoisotopic (exact) mass is 470 g/mol. The molecule has 0 heterocycles. The van der Waals surface area contributed by atoms with Crippen LogP contribution in [0.5, 0.6) is 11.5 Å². The first-order chi connectivity index (χ1) is 16.9. The molecule has 0 aliphatic rings. The fraction of sp³-hybridized carbons (Fsp3) is 0.179. The molecule has 0 aliphatic heterocycles. The highest BCUT2D eigenvalue weighted by Crippen LogP contribution is 2.17. The Morgan fingerprint density at radius 3 is 2.00 bits per heavy atom. The van der Waals surface area contributed by atoms with E-state index in [2.05, 4.69) is 16.6 Å². The van der Waals surface area contributed by atoms with E-state index in [0.29, 0.717) is 29.0 Å². The summed E-state index contributed by atoms with van der Waals surface area (Å²) in [6.45, 7) is 1.98. The molecule has 0 spiro atoms. The third-order valence-electron chi connectivity index (χ3n) is 5.13. The van der Waals surface area contributed by atoms with Gasteiger partial charge in [0.05, 0.1) is 7.11 Å². The maximum absolute atomic E-state index is 12.7. The van der Waals surface area contributed by atoms with Crippen LogP contribution in [0.1, 0.15) is 28.4 Å². The summed E-state index contributed by atoms with van der Waals surface area (Å²) >= 11 is 0. The maximum atomic E-state index is 12.7. The highest BCUT2D eigenvalue weighted by Gasteiger charge is 2.17. The van der Waals surface area contributed by atoms with Crippen molar-refractivity contribution in [1.29, 1.82) is 0 Å². The van der Waals surface area contributed by atoms with Gasteiger partial charge in [-0.05, 0) is 79.6 Å². The number of terminal acetylenes is 1. The molecule has 3 aromatic carbocycles. The van der Waals surface area contributed by atoms with E-state index in [4.69, 9.17) is 15.9 Å². The van der Waals surface area contributed by atoms with E-state index in [-0.39, 0.29) is 18.4 Å². The van der Waals surface area contributed by atoms with Gasteiger partial charge in [-0.3, -0.25) is 14.4 Å². The van der Waals surface area contributed by atoms with E-state index in [1.165, 1.54) is 0 Å². The van der Waals surface area contributed by atoms with Gasteiger partial charge in [0.2, 0.25) is 0 Å². The van der Waals surface area contributed by atoms with Crippen LogP contribution in [0.2, 0.25) is 0 Å². The third-order valence-corrected chi connectivity index (χ3v) is 5.13. The van der Waals surface area contributed by atoms with Crippen molar-refractivity contribution >= 4 is 23.3 Å². The second-order valence-corrected chi connectivity index (χ2v) is 7.80. The number of rotatable bonds is 9. The van der Waals surface area contributed by atoms with E-state index >= 15 is 0 Å². The number of amides is 2. The number of nitrogens with one attached hydrogen (secondary N) is 2. The van der Waals surface area contributed by atoms with E-state index in [1.807, 2.05) is 31.2 Å². The predicted octanol–water partition coefficient (Wildman–Crippen LogP) is 3.62. The molecular weight excluding hydrogens is 444 g/mol. The Kier molecular flexibility index (Phi) is 8.63. The minimum absolute atomic E-state index is 0.153. The maximum Gasteiger partial charge on any atom is 0.313 e. The van der Waals surface area contributed by atoms with Gasteiger partial charge >= 0.3 is 11.8 Å². The van der Waals surface area contributed by atoms with Crippen molar-refractivity contribution in [3.8, 4) is 23.8 Å². The number of ether oxygens (including phenoxy) is 2. The number of carbonyl (C=O) groups excluding carboxylic acids is 3. The Balaban J connectivity index is 1.52. The van der Waals surface area contributed by atoms with E-state index in [9.17, 15) is 14.4 Å². The lowest BCUT2D eigenvalue weighted by Gasteiger charge is -2.14. The summed E-state index contributed by atoms with van der Waals surface area (Å²) < 4.78 is 10.4. The van der Waals surface area contributed by atoms with Crippen LogP contribution in [0, 0.1) is 12.3 Å². The van der Waals surface area contributed by atoms with Gasteiger partial charge < -0.3 is 20.1 Å². The summed E-state index contributed by atoms with van der Waals surface area (Å²) in [6.07, 6.45) is 5.73. The number of hydrogen-bond acceptors (Lipinski definition) is 5. The Labute approximate surface area is 204 Å². The largest absolute Gasteiger partial charge is 0.497 e. The van der Waals surface area contributed by atoms with Crippen LogP contribution in [-0.2, 0) is 16.0 Å². The van der Waals surface area contributed by atoms with Crippen LogP contribution >= 0.6 is 0 Å². The molecule has 2 amide bonds. The molecule has 7 nitrogen and oxygen atoms in total. The summed E-state index contributed by atoms with van der Waals surface area (Å²) in [4.78, 5) is 37.3. The normalized spacial score (nSPS) is 11.0. The molecule has 35 heavy (non-hydrogen) atoms. The van der Waals surface area contributed by atoms with Crippen LogP contribution in [0.15, 0.2) is 72.8 Å². The number of benzene rings is 3. The first-order valence-corrected chi connectivity index (χ1v) is 11.0. The minimum atomic E-state index is -0.784. The van der Waals surface area contributed by atoms with Gasteiger partial charge in [-0.1, -0.05) is 18.1 Å². The molecule has 1 unspecified atom stereocenters. The SMILES string of the molecule is C#CCOc1ccc(C(=O)c2ccc(NC(=O)C(=O)NC(C)Cc3ccc(OC)cc3)cc2)cc1. The lowest BCUT2D eigenvalue weighted by Crippen LogP contribution is -2.41. The molecule has 178 valence electrons. The molecule has 7 heteroatoms. The number of hydrogen-bond donors (Lipinski definition) is 2. The minimum Gasteiger partial charge on any atom is -0.497 e. The van der Waals surface area contributed by atoms with Crippen molar-refractivity contribution in [2.24, 2.45) is 0 Å². The third kappa shape index (κ3) is 7.21. The molecular formula is C28H26N2O5.